The Morgan fingerprint density at radius 2 is 1.63 bits per heavy atom. The Kier molecular flexibility index (Phi) is 6.39. The molecule has 2 aliphatic rings. The van der Waals surface area contributed by atoms with Crippen LogP contribution in [0.2, 0.25) is 0 Å². The third-order valence-corrected chi connectivity index (χ3v) is 7.30. The molecule has 2 fully saturated rings. The van der Waals surface area contributed by atoms with Gasteiger partial charge in [0, 0.05) is 45.2 Å². The van der Waals surface area contributed by atoms with E-state index < -0.39 is 10.0 Å². The maximum absolute atomic E-state index is 12.9. The van der Waals surface area contributed by atoms with E-state index in [2.05, 4.69) is 11.9 Å². The number of piperazine rings is 1. The predicted molar refractivity (Wildman–Crippen MR) is 103 cm³/mol. The number of piperidine rings is 1. The molecular weight excluding hydrogens is 366 g/mol. The van der Waals surface area contributed by atoms with E-state index in [0.29, 0.717) is 38.3 Å². The summed E-state index contributed by atoms with van der Waals surface area (Å²) in [5.74, 6) is 0.773. The van der Waals surface area contributed by atoms with Crippen LogP contribution < -0.4 is 4.74 Å². The van der Waals surface area contributed by atoms with Gasteiger partial charge in [0.1, 0.15) is 5.75 Å². The zero-order valence-corrected chi connectivity index (χ0v) is 17.0. The second-order valence-corrected chi connectivity index (χ2v) is 9.15. The Morgan fingerprint density at radius 3 is 2.19 bits per heavy atom. The molecule has 1 aromatic rings. The first-order chi connectivity index (χ1) is 12.9. The van der Waals surface area contributed by atoms with Crippen LogP contribution in [0, 0.1) is 5.92 Å². The van der Waals surface area contributed by atoms with Gasteiger partial charge in [-0.2, -0.15) is 4.31 Å². The summed E-state index contributed by atoms with van der Waals surface area (Å²) in [7, 11) is -1.47. The van der Waals surface area contributed by atoms with Crippen LogP contribution in [-0.4, -0.2) is 81.4 Å². The number of carbonyl (C=O) groups is 1. The molecule has 0 aromatic heterocycles. The van der Waals surface area contributed by atoms with Gasteiger partial charge in [0.2, 0.25) is 15.9 Å². The molecule has 0 radical (unpaired) electrons. The maximum Gasteiger partial charge on any atom is 0.243 e. The Hall–Kier alpha value is -1.64. The summed E-state index contributed by atoms with van der Waals surface area (Å²) in [6, 6.07) is 6.53. The highest BCUT2D eigenvalue weighted by Crippen LogP contribution is 2.26. The minimum atomic E-state index is -3.53. The lowest BCUT2D eigenvalue weighted by Gasteiger charge is -2.37. The molecule has 27 heavy (non-hydrogen) atoms. The third kappa shape index (κ3) is 4.62. The molecule has 150 valence electrons. The Balaban J connectivity index is 1.58. The summed E-state index contributed by atoms with van der Waals surface area (Å²) in [5.41, 5.74) is 0. The second kappa shape index (κ2) is 8.58. The topological polar surface area (TPSA) is 70.2 Å². The Bertz CT molecular complexity index is 735. The zero-order chi connectivity index (χ0) is 19.4. The van der Waals surface area contributed by atoms with Gasteiger partial charge in [0.15, 0.2) is 0 Å². The van der Waals surface area contributed by atoms with E-state index in [4.69, 9.17) is 4.74 Å². The van der Waals surface area contributed by atoms with E-state index in [1.165, 1.54) is 4.31 Å². The third-order valence-electron chi connectivity index (χ3n) is 5.39. The van der Waals surface area contributed by atoms with Gasteiger partial charge in [-0.15, -0.1) is 0 Å². The fraction of sp³-hybridized carbons (Fsp3) is 0.632. The van der Waals surface area contributed by atoms with Crippen LogP contribution in [0.25, 0.3) is 0 Å². The molecule has 0 spiro atoms. The number of hydrogen-bond donors (Lipinski definition) is 0. The van der Waals surface area contributed by atoms with Crippen LogP contribution in [0.4, 0.5) is 0 Å². The van der Waals surface area contributed by atoms with E-state index in [9.17, 15) is 13.2 Å². The number of nitrogens with zero attached hydrogens (tertiary/aromatic N) is 3. The molecule has 7 nitrogen and oxygen atoms in total. The van der Waals surface area contributed by atoms with Crippen LogP contribution >= 0.6 is 0 Å². The van der Waals surface area contributed by atoms with E-state index in [0.717, 1.165) is 26.2 Å². The molecule has 0 bridgehead atoms. The first-order valence-electron chi connectivity index (χ1n) is 9.62. The minimum Gasteiger partial charge on any atom is -0.494 e. The number of benzene rings is 1. The van der Waals surface area contributed by atoms with Crippen LogP contribution in [0.1, 0.15) is 19.8 Å². The number of ether oxygens (including phenoxy) is 1. The van der Waals surface area contributed by atoms with E-state index in [1.54, 1.807) is 24.3 Å². The zero-order valence-electron chi connectivity index (χ0n) is 16.1. The van der Waals surface area contributed by atoms with Crippen molar-refractivity contribution in [3.05, 3.63) is 24.3 Å². The number of amides is 1. The van der Waals surface area contributed by atoms with E-state index >= 15 is 0 Å². The quantitative estimate of drug-likeness (QED) is 0.751. The molecule has 0 unspecified atom stereocenters. The van der Waals surface area contributed by atoms with Crippen molar-refractivity contribution < 1.29 is 17.9 Å². The van der Waals surface area contributed by atoms with Gasteiger partial charge in [0.25, 0.3) is 0 Å². The van der Waals surface area contributed by atoms with Crippen molar-refractivity contribution in [2.45, 2.75) is 24.7 Å². The average molecular weight is 396 g/mol. The van der Waals surface area contributed by atoms with Crippen molar-refractivity contribution >= 4 is 15.9 Å². The van der Waals surface area contributed by atoms with Gasteiger partial charge in [0.05, 0.1) is 11.5 Å². The highest BCUT2D eigenvalue weighted by Gasteiger charge is 2.34. The molecule has 1 amide bonds. The smallest absolute Gasteiger partial charge is 0.243 e. The average Bonchev–Trinajstić information content (AvgIpc) is 2.69. The first-order valence-corrected chi connectivity index (χ1v) is 11.1. The standard InChI is InChI=1S/C19H29N3O4S/c1-3-26-17-4-6-18(7-5-17)27(24,25)22-10-8-16(9-11-22)19(23)21-14-12-20(2)13-15-21/h4-7,16H,3,8-15H2,1-2H3. The lowest BCUT2D eigenvalue weighted by molar-refractivity contribution is -0.138. The van der Waals surface area contributed by atoms with E-state index in [1.807, 2.05) is 11.8 Å². The first kappa shape index (κ1) is 20.1. The number of carbonyl (C=O) groups excluding carboxylic acids is 1. The van der Waals surface area contributed by atoms with Gasteiger partial charge >= 0.3 is 0 Å². The summed E-state index contributed by atoms with van der Waals surface area (Å²) >= 11 is 0. The van der Waals surface area contributed by atoms with Gasteiger partial charge in [-0.3, -0.25) is 4.79 Å². The molecule has 0 N–H and O–H groups in total. The van der Waals surface area contributed by atoms with Crippen molar-refractivity contribution in [2.24, 2.45) is 5.92 Å². The molecular formula is C19H29N3O4S. The molecule has 2 saturated heterocycles. The van der Waals surface area contributed by atoms with Crippen molar-refractivity contribution in [3.8, 4) is 5.75 Å². The number of sulfonamides is 1. The number of rotatable bonds is 5. The molecule has 0 aliphatic carbocycles. The fourth-order valence-corrected chi connectivity index (χ4v) is 5.12. The molecule has 2 heterocycles. The van der Waals surface area contributed by atoms with Gasteiger partial charge in [-0.25, -0.2) is 8.42 Å². The SMILES string of the molecule is CCOc1ccc(S(=O)(=O)N2CCC(C(=O)N3CCN(C)CC3)CC2)cc1. The molecule has 8 heteroatoms. The highest BCUT2D eigenvalue weighted by molar-refractivity contribution is 7.89. The van der Waals surface area contributed by atoms with Crippen LogP contribution in [0.5, 0.6) is 5.75 Å². The van der Waals surface area contributed by atoms with Gasteiger partial charge < -0.3 is 14.5 Å². The molecule has 0 saturated carbocycles. The Labute approximate surface area is 161 Å². The molecule has 2 aliphatic heterocycles. The largest absolute Gasteiger partial charge is 0.494 e. The van der Waals surface area contributed by atoms with Crippen LogP contribution in [-0.2, 0) is 14.8 Å². The van der Waals surface area contributed by atoms with Gasteiger partial charge in [-0.1, -0.05) is 0 Å². The summed E-state index contributed by atoms with van der Waals surface area (Å²) in [5, 5.41) is 0. The summed E-state index contributed by atoms with van der Waals surface area (Å²) in [6.07, 6.45) is 1.17. The molecule has 0 atom stereocenters. The van der Waals surface area contributed by atoms with Crippen molar-refractivity contribution in [1.29, 1.82) is 0 Å². The van der Waals surface area contributed by atoms with Crippen molar-refractivity contribution in [2.75, 3.05) is 52.9 Å². The van der Waals surface area contributed by atoms with E-state index in [-0.39, 0.29) is 16.7 Å². The van der Waals surface area contributed by atoms with Gasteiger partial charge in [-0.05, 0) is 51.1 Å². The predicted octanol–water partition coefficient (Wildman–Crippen LogP) is 1.26. The summed E-state index contributed by atoms with van der Waals surface area (Å²) in [6.45, 7) is 6.53. The monoisotopic (exact) mass is 395 g/mol. The normalized spacial score (nSPS) is 20.6. The number of hydrogen-bond acceptors (Lipinski definition) is 5. The summed E-state index contributed by atoms with van der Waals surface area (Å²) < 4.78 is 32.6. The number of likely N-dealkylation sites (N-methyl/N-ethyl adjacent to an activating group) is 1. The van der Waals surface area contributed by atoms with Crippen molar-refractivity contribution in [1.82, 2.24) is 14.1 Å². The highest BCUT2D eigenvalue weighted by atomic mass is 32.2. The molecule has 3 rings (SSSR count). The van der Waals surface area contributed by atoms with Crippen LogP contribution in [0.3, 0.4) is 0 Å². The second-order valence-electron chi connectivity index (χ2n) is 7.21. The minimum absolute atomic E-state index is 0.0693. The Morgan fingerprint density at radius 1 is 1.04 bits per heavy atom. The van der Waals surface area contributed by atoms with Crippen molar-refractivity contribution in [3.63, 3.8) is 0 Å². The summed E-state index contributed by atoms with van der Waals surface area (Å²) in [4.78, 5) is 17.1. The maximum atomic E-state index is 12.9. The lowest BCUT2D eigenvalue weighted by atomic mass is 9.96. The molecule has 1 aromatic carbocycles. The van der Waals surface area contributed by atoms with Crippen LogP contribution in [0.15, 0.2) is 29.2 Å². The fourth-order valence-electron chi connectivity index (χ4n) is 3.65. The lowest BCUT2D eigenvalue weighted by Crippen LogP contribution is -2.50.